The fraction of sp³-hybridized carbons (Fsp3) is 0.231. The number of aromatic nitrogens is 2. The van der Waals surface area contributed by atoms with E-state index in [0.29, 0.717) is 10.9 Å². The Bertz CT molecular complexity index is 625. The van der Waals surface area contributed by atoms with Gasteiger partial charge in [0, 0.05) is 22.5 Å². The molecule has 0 spiro atoms. The summed E-state index contributed by atoms with van der Waals surface area (Å²) in [6.45, 7) is 3.81. The van der Waals surface area contributed by atoms with Gasteiger partial charge in [-0.2, -0.15) is 0 Å². The van der Waals surface area contributed by atoms with E-state index in [1.807, 2.05) is 25.1 Å². The monoisotopic (exact) mass is 280 g/mol. The molecule has 0 fully saturated rings. The summed E-state index contributed by atoms with van der Waals surface area (Å²) in [6, 6.07) is 7.43. The van der Waals surface area contributed by atoms with Crippen molar-refractivity contribution in [2.24, 2.45) is 0 Å². The highest BCUT2D eigenvalue weighted by Gasteiger charge is 2.04. The molecule has 0 radical (unpaired) electrons. The highest BCUT2D eigenvalue weighted by Crippen LogP contribution is 2.25. The molecule has 0 aliphatic carbocycles. The molecule has 0 bridgehead atoms. The molecule has 5 heteroatoms. The van der Waals surface area contributed by atoms with Gasteiger partial charge >= 0.3 is 0 Å². The predicted octanol–water partition coefficient (Wildman–Crippen LogP) is 3.33. The zero-order valence-electron chi connectivity index (χ0n) is 10.2. The van der Waals surface area contributed by atoms with Gasteiger partial charge in [-0.25, -0.2) is 4.98 Å². The van der Waals surface area contributed by atoms with Crippen LogP contribution in [0.15, 0.2) is 34.2 Å². The number of nitrogens with one attached hydrogen (secondary N) is 1. The van der Waals surface area contributed by atoms with E-state index < -0.39 is 0 Å². The molecule has 0 amide bonds. The second kappa shape index (κ2) is 5.59. The molecule has 2 aromatic rings. The van der Waals surface area contributed by atoms with Gasteiger partial charge in [0.2, 0.25) is 0 Å². The van der Waals surface area contributed by atoms with Crippen LogP contribution in [-0.4, -0.2) is 9.97 Å². The van der Waals surface area contributed by atoms with Crippen LogP contribution in [0, 0.1) is 13.8 Å². The third-order valence-electron chi connectivity index (χ3n) is 2.42. The Morgan fingerprint density at radius 3 is 2.78 bits per heavy atom. The lowest BCUT2D eigenvalue weighted by Gasteiger charge is -2.05. The van der Waals surface area contributed by atoms with Gasteiger partial charge in [-0.05, 0) is 31.0 Å². The molecule has 0 atom stereocenters. The number of halogens is 1. The number of aryl methyl sites for hydroxylation is 2. The normalized spacial score (nSPS) is 10.6. The van der Waals surface area contributed by atoms with Crippen LogP contribution in [0.1, 0.15) is 16.8 Å². The van der Waals surface area contributed by atoms with Crippen molar-refractivity contribution in [1.29, 1.82) is 0 Å². The molecule has 1 N–H and O–H groups in total. The van der Waals surface area contributed by atoms with Crippen LogP contribution < -0.4 is 5.56 Å². The molecule has 0 aliphatic heterocycles. The summed E-state index contributed by atoms with van der Waals surface area (Å²) in [6.07, 6.45) is 0. The van der Waals surface area contributed by atoms with E-state index >= 15 is 0 Å². The number of aromatic amines is 1. The maximum atomic E-state index is 11.3. The summed E-state index contributed by atoms with van der Waals surface area (Å²) in [5.41, 5.74) is 2.77. The molecule has 0 unspecified atom stereocenters. The summed E-state index contributed by atoms with van der Waals surface area (Å²) in [5.74, 6) is 0.686. The third-order valence-corrected chi connectivity index (χ3v) is 3.69. The Hall–Kier alpha value is -1.26. The largest absolute Gasteiger partial charge is 0.301 e. The number of hydrogen-bond acceptors (Lipinski definition) is 3. The van der Waals surface area contributed by atoms with Gasteiger partial charge in [0.15, 0.2) is 5.16 Å². The second-order valence-corrected chi connectivity index (χ2v) is 5.45. The molecular weight excluding hydrogens is 268 g/mol. The number of hydrogen-bond donors (Lipinski definition) is 1. The molecular formula is C13H13ClN2OS. The number of nitrogens with zero attached hydrogens (tertiary/aromatic N) is 1. The van der Waals surface area contributed by atoms with E-state index in [0.717, 1.165) is 21.8 Å². The molecule has 0 aliphatic rings. The molecule has 0 saturated heterocycles. The summed E-state index contributed by atoms with van der Waals surface area (Å²) >= 11 is 7.62. The van der Waals surface area contributed by atoms with Gasteiger partial charge < -0.3 is 4.98 Å². The Morgan fingerprint density at radius 2 is 2.11 bits per heavy atom. The maximum Gasteiger partial charge on any atom is 0.251 e. The molecule has 1 aromatic heterocycles. The first-order chi connectivity index (χ1) is 8.54. The minimum atomic E-state index is -0.125. The van der Waals surface area contributed by atoms with Crippen molar-refractivity contribution in [1.82, 2.24) is 9.97 Å². The summed E-state index contributed by atoms with van der Waals surface area (Å²) in [4.78, 5) is 18.3. The molecule has 2 rings (SSSR count). The van der Waals surface area contributed by atoms with E-state index in [1.54, 1.807) is 6.92 Å². The van der Waals surface area contributed by atoms with Crippen molar-refractivity contribution in [3.63, 3.8) is 0 Å². The van der Waals surface area contributed by atoms with Gasteiger partial charge in [-0.15, -0.1) is 0 Å². The van der Waals surface area contributed by atoms with E-state index in [-0.39, 0.29) is 5.56 Å². The molecule has 1 aromatic carbocycles. The fourth-order valence-electron chi connectivity index (χ4n) is 1.54. The van der Waals surface area contributed by atoms with Crippen molar-refractivity contribution in [3.05, 3.63) is 56.5 Å². The van der Waals surface area contributed by atoms with Crippen molar-refractivity contribution in [3.8, 4) is 0 Å². The summed E-state index contributed by atoms with van der Waals surface area (Å²) < 4.78 is 0. The smallest absolute Gasteiger partial charge is 0.251 e. The minimum absolute atomic E-state index is 0.125. The summed E-state index contributed by atoms with van der Waals surface area (Å²) in [5, 5.41) is 1.37. The highest BCUT2D eigenvalue weighted by atomic mass is 35.5. The first-order valence-corrected chi connectivity index (χ1v) is 6.87. The molecule has 94 valence electrons. The Balaban J connectivity index is 2.13. The average molecular weight is 281 g/mol. The van der Waals surface area contributed by atoms with Gasteiger partial charge in [-0.3, -0.25) is 4.79 Å². The molecule has 1 heterocycles. The Labute approximate surface area is 115 Å². The Kier molecular flexibility index (Phi) is 4.09. The van der Waals surface area contributed by atoms with E-state index in [1.165, 1.54) is 17.8 Å². The SMILES string of the molecule is Cc1ccc(CSc2nc(C)cc(=O)[nH]2)c(Cl)c1. The van der Waals surface area contributed by atoms with Crippen LogP contribution in [0.25, 0.3) is 0 Å². The van der Waals surface area contributed by atoms with Crippen LogP contribution in [0.3, 0.4) is 0 Å². The van der Waals surface area contributed by atoms with Gasteiger partial charge in [0.25, 0.3) is 5.56 Å². The van der Waals surface area contributed by atoms with Crippen molar-refractivity contribution < 1.29 is 0 Å². The number of H-pyrrole nitrogens is 1. The van der Waals surface area contributed by atoms with Crippen molar-refractivity contribution in [2.45, 2.75) is 24.8 Å². The quantitative estimate of drug-likeness (QED) is 0.693. The first-order valence-electron chi connectivity index (χ1n) is 5.50. The van der Waals surface area contributed by atoms with Crippen molar-refractivity contribution in [2.75, 3.05) is 0 Å². The first kappa shape index (κ1) is 13.2. The summed E-state index contributed by atoms with van der Waals surface area (Å²) in [7, 11) is 0. The van der Waals surface area contributed by atoms with E-state index in [4.69, 9.17) is 11.6 Å². The average Bonchev–Trinajstić information content (AvgIpc) is 2.26. The maximum absolute atomic E-state index is 11.3. The van der Waals surface area contributed by atoms with Crippen LogP contribution in [0.2, 0.25) is 5.02 Å². The standard InChI is InChI=1S/C13H13ClN2OS/c1-8-3-4-10(11(14)5-8)7-18-13-15-9(2)6-12(17)16-13/h3-6H,7H2,1-2H3,(H,15,16,17). The van der Waals surface area contributed by atoms with E-state index in [9.17, 15) is 4.79 Å². The zero-order chi connectivity index (χ0) is 13.1. The lowest BCUT2D eigenvalue weighted by molar-refractivity contribution is 0.905. The second-order valence-electron chi connectivity index (χ2n) is 4.08. The fourth-order valence-corrected chi connectivity index (χ4v) is 2.84. The van der Waals surface area contributed by atoms with Crippen LogP contribution in [0.5, 0.6) is 0 Å². The third kappa shape index (κ3) is 3.37. The number of rotatable bonds is 3. The van der Waals surface area contributed by atoms with Gasteiger partial charge in [-0.1, -0.05) is 35.5 Å². The topological polar surface area (TPSA) is 45.8 Å². The van der Waals surface area contributed by atoms with Crippen LogP contribution in [-0.2, 0) is 5.75 Å². The van der Waals surface area contributed by atoms with Gasteiger partial charge in [0.05, 0.1) is 0 Å². The lowest BCUT2D eigenvalue weighted by Crippen LogP contribution is -2.08. The zero-order valence-corrected chi connectivity index (χ0v) is 11.7. The molecule has 3 nitrogen and oxygen atoms in total. The number of benzene rings is 1. The molecule has 0 saturated carbocycles. The number of thioether (sulfide) groups is 1. The van der Waals surface area contributed by atoms with Crippen LogP contribution in [0.4, 0.5) is 0 Å². The lowest BCUT2D eigenvalue weighted by atomic mass is 10.2. The van der Waals surface area contributed by atoms with Crippen LogP contribution >= 0.6 is 23.4 Å². The highest BCUT2D eigenvalue weighted by molar-refractivity contribution is 7.98. The van der Waals surface area contributed by atoms with Gasteiger partial charge in [0.1, 0.15) is 0 Å². The minimum Gasteiger partial charge on any atom is -0.301 e. The predicted molar refractivity (Wildman–Crippen MR) is 75.3 cm³/mol. The van der Waals surface area contributed by atoms with Crippen molar-refractivity contribution >= 4 is 23.4 Å². The van der Waals surface area contributed by atoms with E-state index in [2.05, 4.69) is 9.97 Å². The molecule has 18 heavy (non-hydrogen) atoms. The Morgan fingerprint density at radius 1 is 1.33 bits per heavy atom.